The van der Waals surface area contributed by atoms with Gasteiger partial charge in [0.25, 0.3) is 0 Å². The zero-order valence-corrected chi connectivity index (χ0v) is 12.1. The highest BCUT2D eigenvalue weighted by molar-refractivity contribution is 5.13. The van der Waals surface area contributed by atoms with Crippen LogP contribution in [0.4, 0.5) is 0 Å². The topological polar surface area (TPSA) is 21.3 Å². The van der Waals surface area contributed by atoms with E-state index in [4.69, 9.17) is 6.42 Å². The molecule has 0 aromatic heterocycles. The molecule has 0 aliphatic carbocycles. The number of nitrogens with one attached hydrogen (secondary N) is 1. The number of hydrogen-bond acceptors (Lipinski definition) is 2. The molecule has 0 unspecified atom stereocenters. The molecular weight excluding hydrogens is 210 g/mol. The Bertz CT molecular complexity index is 239. The smallest absolute Gasteiger partial charge is 0.134 e. The lowest BCUT2D eigenvalue weighted by molar-refractivity contribution is 0.153. The van der Waals surface area contributed by atoms with Crippen molar-refractivity contribution in [1.29, 1.82) is 0 Å². The fourth-order valence-corrected chi connectivity index (χ4v) is 0.757. The minimum Gasteiger partial charge on any atom is -0.356 e. The van der Waals surface area contributed by atoms with Crippen molar-refractivity contribution in [3.8, 4) is 12.5 Å². The van der Waals surface area contributed by atoms with Crippen molar-refractivity contribution in [2.45, 2.75) is 48.1 Å². The van der Waals surface area contributed by atoms with Crippen LogP contribution < -0.4 is 5.48 Å². The Morgan fingerprint density at radius 3 is 1.88 bits per heavy atom. The van der Waals surface area contributed by atoms with Gasteiger partial charge in [-0.15, -0.1) is 5.48 Å². The third-order valence-electron chi connectivity index (χ3n) is 1.25. The predicted molar refractivity (Wildman–Crippen MR) is 77.2 cm³/mol. The highest BCUT2D eigenvalue weighted by atomic mass is 16.6. The Labute approximate surface area is 107 Å². The van der Waals surface area contributed by atoms with Gasteiger partial charge in [0.15, 0.2) is 0 Å². The molecule has 98 valence electrons. The van der Waals surface area contributed by atoms with Crippen LogP contribution in [0, 0.1) is 12.5 Å². The minimum absolute atomic E-state index is 0.630. The minimum atomic E-state index is 0.630. The second kappa shape index (κ2) is 24.0. The van der Waals surface area contributed by atoms with E-state index in [1.54, 1.807) is 0 Å². The molecule has 17 heavy (non-hydrogen) atoms. The molecule has 0 spiro atoms. The first-order chi connectivity index (χ1) is 8.43. The average molecular weight is 237 g/mol. The fourth-order valence-electron chi connectivity index (χ4n) is 0.757. The molecule has 0 bridgehead atoms. The number of rotatable bonds is 3. The summed E-state index contributed by atoms with van der Waals surface area (Å²) >= 11 is 0. The van der Waals surface area contributed by atoms with E-state index in [1.165, 1.54) is 0 Å². The quantitative estimate of drug-likeness (QED) is 0.478. The predicted octanol–water partition coefficient (Wildman–Crippen LogP) is 4.38. The third kappa shape index (κ3) is 17.2. The molecule has 0 aliphatic heterocycles. The van der Waals surface area contributed by atoms with E-state index < -0.39 is 0 Å². The summed E-state index contributed by atoms with van der Waals surface area (Å²) in [5, 5.41) is 0. The van der Waals surface area contributed by atoms with Gasteiger partial charge >= 0.3 is 0 Å². The van der Waals surface area contributed by atoms with Crippen molar-refractivity contribution in [2.75, 3.05) is 0 Å². The maximum absolute atomic E-state index is 4.86. The van der Waals surface area contributed by atoms with Crippen LogP contribution in [0.3, 0.4) is 0 Å². The molecule has 0 fully saturated rings. The van der Waals surface area contributed by atoms with Gasteiger partial charge in [-0.2, -0.15) is 0 Å². The summed E-state index contributed by atoms with van der Waals surface area (Å²) in [4.78, 5) is 4.52. The Morgan fingerprint density at radius 1 is 1.00 bits per heavy atom. The molecule has 0 atom stereocenters. The zero-order valence-electron chi connectivity index (χ0n) is 12.1. The van der Waals surface area contributed by atoms with E-state index in [2.05, 4.69) is 10.3 Å². The number of hydroxylamine groups is 1. The van der Waals surface area contributed by atoms with Crippen molar-refractivity contribution < 1.29 is 4.84 Å². The van der Waals surface area contributed by atoms with Gasteiger partial charge in [-0.3, -0.25) is 0 Å². The first kappa shape index (κ1) is 20.9. The molecule has 2 nitrogen and oxygen atoms in total. The summed E-state index contributed by atoms with van der Waals surface area (Å²) in [6, 6.07) is 9.88. The lowest BCUT2D eigenvalue weighted by atomic mass is 10.2. The Kier molecular flexibility index (Phi) is 29.5. The van der Waals surface area contributed by atoms with Crippen LogP contribution in [-0.2, 0) is 11.4 Å². The highest BCUT2D eigenvalue weighted by Crippen LogP contribution is 1.96. The van der Waals surface area contributed by atoms with E-state index in [0.717, 1.165) is 5.56 Å². The standard InChI is InChI=1S/C9H9NO.3C2H6/c1-2-11-10-8-9-6-4-3-5-7-9;3*1-2/h1,3-7,10H,8H2;3*1-2H3. The highest BCUT2D eigenvalue weighted by Gasteiger charge is 1.87. The first-order valence-electron chi connectivity index (χ1n) is 6.31. The van der Waals surface area contributed by atoms with Crippen molar-refractivity contribution in [1.82, 2.24) is 5.48 Å². The van der Waals surface area contributed by atoms with Crippen molar-refractivity contribution >= 4 is 0 Å². The van der Waals surface area contributed by atoms with Gasteiger partial charge in [-0.1, -0.05) is 78.3 Å². The molecule has 0 heterocycles. The molecule has 1 aromatic rings. The summed E-state index contributed by atoms with van der Waals surface area (Å²) < 4.78 is 0. The zero-order chi connectivity index (χ0) is 13.9. The van der Waals surface area contributed by atoms with Crippen LogP contribution in [0.5, 0.6) is 0 Å². The lowest BCUT2D eigenvalue weighted by Crippen LogP contribution is -2.09. The second-order valence-corrected chi connectivity index (χ2v) is 2.03. The van der Waals surface area contributed by atoms with E-state index >= 15 is 0 Å². The van der Waals surface area contributed by atoms with Crippen LogP contribution in [0.1, 0.15) is 47.1 Å². The van der Waals surface area contributed by atoms with Crippen molar-refractivity contribution in [2.24, 2.45) is 0 Å². The molecule has 0 saturated carbocycles. The van der Waals surface area contributed by atoms with Crippen LogP contribution in [0.15, 0.2) is 30.3 Å². The number of hydrogen-bond donors (Lipinski definition) is 1. The molecule has 0 saturated heterocycles. The van der Waals surface area contributed by atoms with Crippen LogP contribution in [0.25, 0.3) is 0 Å². The first-order valence-corrected chi connectivity index (χ1v) is 6.31. The lowest BCUT2D eigenvalue weighted by Gasteiger charge is -1.99. The van der Waals surface area contributed by atoms with Crippen LogP contribution in [-0.4, -0.2) is 0 Å². The fraction of sp³-hybridized carbons (Fsp3) is 0.467. The maximum atomic E-state index is 4.86. The van der Waals surface area contributed by atoms with Gasteiger partial charge in [-0.25, -0.2) is 0 Å². The number of terminal acetylenes is 1. The molecular formula is C15H27NO. The second-order valence-electron chi connectivity index (χ2n) is 2.03. The molecule has 1 rings (SSSR count). The summed E-state index contributed by atoms with van der Waals surface area (Å²) in [5.74, 6) is 0. The Balaban J connectivity index is -0.000000285. The normalized spacial score (nSPS) is 6.65. The van der Waals surface area contributed by atoms with Gasteiger partial charge in [0.2, 0.25) is 0 Å². The Morgan fingerprint density at radius 2 is 1.47 bits per heavy atom. The van der Waals surface area contributed by atoms with E-state index in [1.807, 2.05) is 78.0 Å². The molecule has 0 aliphatic rings. The third-order valence-corrected chi connectivity index (χ3v) is 1.25. The van der Waals surface area contributed by atoms with E-state index in [0.29, 0.717) is 6.54 Å². The van der Waals surface area contributed by atoms with E-state index in [-0.39, 0.29) is 0 Å². The molecule has 1 N–H and O–H groups in total. The summed E-state index contributed by atoms with van der Waals surface area (Å²) in [7, 11) is 0. The van der Waals surface area contributed by atoms with Gasteiger partial charge in [0.05, 0.1) is 6.54 Å². The molecule has 2 heteroatoms. The van der Waals surface area contributed by atoms with E-state index in [9.17, 15) is 0 Å². The van der Waals surface area contributed by atoms with Crippen molar-refractivity contribution in [3.05, 3.63) is 35.9 Å². The molecule has 0 amide bonds. The van der Waals surface area contributed by atoms with Gasteiger partial charge in [0.1, 0.15) is 6.11 Å². The summed E-state index contributed by atoms with van der Waals surface area (Å²) in [5.41, 5.74) is 3.76. The maximum Gasteiger partial charge on any atom is 0.134 e. The van der Waals surface area contributed by atoms with Crippen molar-refractivity contribution in [3.63, 3.8) is 0 Å². The Hall–Kier alpha value is -1.46. The molecule has 0 radical (unpaired) electrons. The summed E-state index contributed by atoms with van der Waals surface area (Å²) in [6.07, 6.45) is 6.88. The summed E-state index contributed by atoms with van der Waals surface area (Å²) in [6.45, 7) is 12.6. The van der Waals surface area contributed by atoms with Gasteiger partial charge < -0.3 is 4.84 Å². The van der Waals surface area contributed by atoms with Gasteiger partial charge in [-0.05, 0) is 5.56 Å². The molecule has 1 aromatic carbocycles. The monoisotopic (exact) mass is 237 g/mol. The SMILES string of the molecule is C#CONCc1ccccc1.CC.CC.CC. The average Bonchev–Trinajstić information content (AvgIpc) is 2.47. The largest absolute Gasteiger partial charge is 0.356 e. The number of benzene rings is 1. The van der Waals surface area contributed by atoms with Gasteiger partial charge in [0, 0.05) is 0 Å². The van der Waals surface area contributed by atoms with Crippen LogP contribution in [0.2, 0.25) is 0 Å². The van der Waals surface area contributed by atoms with Crippen LogP contribution >= 0.6 is 0 Å².